The molecule has 1 aliphatic heterocycles. The summed E-state index contributed by atoms with van der Waals surface area (Å²) in [6.07, 6.45) is 10.5. The lowest BCUT2D eigenvalue weighted by atomic mass is 10.1. The van der Waals surface area contributed by atoms with Gasteiger partial charge in [0.05, 0.1) is 12.1 Å². The Bertz CT molecular complexity index is 243. The molecule has 2 nitrogen and oxygen atoms in total. The summed E-state index contributed by atoms with van der Waals surface area (Å²) in [6.45, 7) is 6.76. The lowest BCUT2D eigenvalue weighted by Crippen LogP contribution is -2.32. The van der Waals surface area contributed by atoms with Gasteiger partial charge in [-0.2, -0.15) is 0 Å². The predicted octanol–water partition coefficient (Wildman–Crippen LogP) is 3.33. The van der Waals surface area contributed by atoms with E-state index in [0.29, 0.717) is 12.1 Å². The summed E-state index contributed by atoms with van der Waals surface area (Å²) in [7, 11) is 0. The zero-order chi connectivity index (χ0) is 11.4. The highest BCUT2D eigenvalue weighted by Crippen LogP contribution is 2.29. The molecule has 2 rings (SSSR count). The molecule has 2 fully saturated rings. The van der Waals surface area contributed by atoms with E-state index in [2.05, 4.69) is 24.8 Å². The molecule has 92 valence electrons. The predicted molar refractivity (Wildman–Crippen MR) is 67.4 cm³/mol. The molecule has 0 spiro atoms. The van der Waals surface area contributed by atoms with Gasteiger partial charge in [0, 0.05) is 0 Å². The number of nitrogens with zero attached hydrogens (tertiary/aromatic N) is 1. The van der Waals surface area contributed by atoms with Crippen LogP contribution in [0.3, 0.4) is 0 Å². The Kier molecular flexibility index (Phi) is 4.28. The molecule has 0 aromatic rings. The SMILES string of the molecule is C/C=C(/OC1CCCC1)[C@@H]1CCCN1CC. The third-order valence-electron chi connectivity index (χ3n) is 3.99. The van der Waals surface area contributed by atoms with Crippen molar-refractivity contribution in [1.82, 2.24) is 4.90 Å². The highest BCUT2D eigenvalue weighted by Gasteiger charge is 2.29. The van der Waals surface area contributed by atoms with Crippen LogP contribution < -0.4 is 0 Å². The first-order valence-corrected chi connectivity index (χ1v) is 6.92. The van der Waals surface area contributed by atoms with E-state index in [9.17, 15) is 0 Å². The Hall–Kier alpha value is -0.500. The lowest BCUT2D eigenvalue weighted by Gasteiger charge is -2.27. The summed E-state index contributed by atoms with van der Waals surface area (Å²) in [5.41, 5.74) is 0. The normalized spacial score (nSPS) is 28.9. The highest BCUT2D eigenvalue weighted by atomic mass is 16.5. The molecular weight excluding hydrogens is 198 g/mol. The van der Waals surface area contributed by atoms with E-state index in [0.717, 1.165) is 6.54 Å². The molecule has 1 heterocycles. The van der Waals surface area contributed by atoms with Gasteiger partial charge in [0.25, 0.3) is 0 Å². The van der Waals surface area contributed by atoms with Gasteiger partial charge in [0.15, 0.2) is 0 Å². The first-order valence-electron chi connectivity index (χ1n) is 6.92. The number of likely N-dealkylation sites (N-methyl/N-ethyl adjacent to an activating group) is 1. The average molecular weight is 223 g/mol. The third-order valence-corrected chi connectivity index (χ3v) is 3.99. The Labute approximate surface area is 99.7 Å². The summed E-state index contributed by atoms with van der Waals surface area (Å²) in [6, 6.07) is 0.565. The number of hydrogen-bond donors (Lipinski definition) is 0. The number of hydrogen-bond acceptors (Lipinski definition) is 2. The van der Waals surface area contributed by atoms with Crippen LogP contribution in [-0.4, -0.2) is 30.1 Å². The smallest absolute Gasteiger partial charge is 0.109 e. The Balaban J connectivity index is 1.93. The van der Waals surface area contributed by atoms with Gasteiger partial charge in [0.2, 0.25) is 0 Å². The van der Waals surface area contributed by atoms with Crippen molar-refractivity contribution in [1.29, 1.82) is 0 Å². The second-order valence-corrected chi connectivity index (χ2v) is 5.00. The second-order valence-electron chi connectivity index (χ2n) is 5.00. The second kappa shape index (κ2) is 5.72. The number of likely N-dealkylation sites (tertiary alicyclic amines) is 1. The standard InChI is InChI=1S/C14H25NO/c1-3-14(16-12-8-5-6-9-12)13-10-7-11-15(13)4-2/h3,12-13H,4-11H2,1-2H3/b14-3+/t13-/m0/s1. The molecule has 2 aliphatic rings. The molecule has 0 amide bonds. The summed E-state index contributed by atoms with van der Waals surface area (Å²) in [5, 5.41) is 0. The van der Waals surface area contributed by atoms with Crippen LogP contribution in [0.1, 0.15) is 52.4 Å². The first kappa shape index (κ1) is 12.0. The maximum atomic E-state index is 6.20. The summed E-state index contributed by atoms with van der Waals surface area (Å²) in [4.78, 5) is 2.55. The van der Waals surface area contributed by atoms with Crippen LogP contribution in [0.15, 0.2) is 11.8 Å². The van der Waals surface area contributed by atoms with Gasteiger partial charge >= 0.3 is 0 Å². The zero-order valence-corrected chi connectivity index (χ0v) is 10.7. The van der Waals surface area contributed by atoms with Crippen molar-refractivity contribution in [2.45, 2.75) is 64.5 Å². The van der Waals surface area contributed by atoms with Gasteiger partial charge in [0.1, 0.15) is 5.76 Å². The molecular formula is C14H25NO. The third kappa shape index (κ3) is 2.60. The molecule has 0 N–H and O–H groups in total. The minimum atomic E-state index is 0.505. The van der Waals surface area contributed by atoms with E-state index in [1.54, 1.807) is 0 Å². The van der Waals surface area contributed by atoms with Gasteiger partial charge in [-0.1, -0.05) is 6.92 Å². The zero-order valence-electron chi connectivity index (χ0n) is 10.7. The minimum absolute atomic E-state index is 0.505. The number of allylic oxidation sites excluding steroid dienone is 1. The van der Waals surface area contributed by atoms with Crippen LogP contribution in [0.25, 0.3) is 0 Å². The fraction of sp³-hybridized carbons (Fsp3) is 0.857. The molecule has 1 saturated heterocycles. The van der Waals surface area contributed by atoms with E-state index in [1.807, 2.05) is 0 Å². The van der Waals surface area contributed by atoms with E-state index in [-0.39, 0.29) is 0 Å². The van der Waals surface area contributed by atoms with Crippen molar-refractivity contribution < 1.29 is 4.74 Å². The van der Waals surface area contributed by atoms with Crippen molar-refractivity contribution in [3.05, 3.63) is 11.8 Å². The van der Waals surface area contributed by atoms with Crippen LogP contribution >= 0.6 is 0 Å². The average Bonchev–Trinajstić information content (AvgIpc) is 2.96. The van der Waals surface area contributed by atoms with Gasteiger partial charge in [-0.15, -0.1) is 0 Å². The van der Waals surface area contributed by atoms with Crippen molar-refractivity contribution in [2.75, 3.05) is 13.1 Å². The molecule has 16 heavy (non-hydrogen) atoms. The lowest BCUT2D eigenvalue weighted by molar-refractivity contribution is 0.0846. The Morgan fingerprint density at radius 3 is 2.62 bits per heavy atom. The molecule has 1 saturated carbocycles. The maximum absolute atomic E-state index is 6.20. The molecule has 0 unspecified atom stereocenters. The van der Waals surface area contributed by atoms with Gasteiger partial charge in [-0.3, -0.25) is 4.90 Å². The van der Waals surface area contributed by atoms with Crippen molar-refractivity contribution >= 4 is 0 Å². The fourth-order valence-electron chi connectivity index (χ4n) is 3.06. The van der Waals surface area contributed by atoms with E-state index in [1.165, 1.54) is 50.8 Å². The maximum Gasteiger partial charge on any atom is 0.109 e. The van der Waals surface area contributed by atoms with Crippen molar-refractivity contribution in [3.8, 4) is 0 Å². The number of ether oxygens (including phenoxy) is 1. The van der Waals surface area contributed by atoms with Gasteiger partial charge < -0.3 is 4.74 Å². The summed E-state index contributed by atoms with van der Waals surface area (Å²) in [5.74, 6) is 1.24. The van der Waals surface area contributed by atoms with Crippen molar-refractivity contribution in [3.63, 3.8) is 0 Å². The molecule has 0 aromatic heterocycles. The van der Waals surface area contributed by atoms with Crippen LogP contribution in [0.4, 0.5) is 0 Å². The molecule has 0 bridgehead atoms. The van der Waals surface area contributed by atoms with Gasteiger partial charge in [-0.25, -0.2) is 0 Å². The van der Waals surface area contributed by atoms with E-state index in [4.69, 9.17) is 4.74 Å². The largest absolute Gasteiger partial charge is 0.493 e. The molecule has 0 aromatic carbocycles. The van der Waals surface area contributed by atoms with E-state index < -0.39 is 0 Å². The van der Waals surface area contributed by atoms with Crippen LogP contribution in [0.2, 0.25) is 0 Å². The molecule has 2 heteroatoms. The quantitative estimate of drug-likeness (QED) is 0.678. The summed E-state index contributed by atoms with van der Waals surface area (Å²) < 4.78 is 6.20. The van der Waals surface area contributed by atoms with E-state index >= 15 is 0 Å². The number of rotatable bonds is 4. The molecule has 0 radical (unpaired) electrons. The monoisotopic (exact) mass is 223 g/mol. The minimum Gasteiger partial charge on any atom is -0.493 e. The topological polar surface area (TPSA) is 12.5 Å². The van der Waals surface area contributed by atoms with Crippen LogP contribution in [0.5, 0.6) is 0 Å². The fourth-order valence-corrected chi connectivity index (χ4v) is 3.06. The molecule has 1 atom stereocenters. The Morgan fingerprint density at radius 1 is 1.25 bits per heavy atom. The highest BCUT2D eigenvalue weighted by molar-refractivity contribution is 5.06. The van der Waals surface area contributed by atoms with Crippen LogP contribution in [-0.2, 0) is 4.74 Å². The van der Waals surface area contributed by atoms with Gasteiger partial charge in [-0.05, 0) is 64.6 Å². The first-order chi connectivity index (χ1) is 7.85. The Morgan fingerprint density at radius 2 is 2.00 bits per heavy atom. The van der Waals surface area contributed by atoms with Crippen molar-refractivity contribution in [2.24, 2.45) is 0 Å². The van der Waals surface area contributed by atoms with Crippen LogP contribution in [0, 0.1) is 0 Å². The molecule has 1 aliphatic carbocycles. The summed E-state index contributed by atoms with van der Waals surface area (Å²) >= 11 is 0.